The largest absolute Gasteiger partial charge is 0.0804 e. The van der Waals surface area contributed by atoms with Crippen molar-refractivity contribution >= 4 is 22.0 Å². The quantitative estimate of drug-likeness (QED) is 0.575. The van der Waals surface area contributed by atoms with E-state index < -0.39 is 0 Å². The van der Waals surface area contributed by atoms with E-state index in [2.05, 4.69) is 44.2 Å². The zero-order valence-corrected chi connectivity index (χ0v) is 9.58. The van der Waals surface area contributed by atoms with E-state index in [-0.39, 0.29) is 0 Å². The third-order valence-corrected chi connectivity index (χ3v) is 3.34. The van der Waals surface area contributed by atoms with Crippen molar-refractivity contribution in [3.63, 3.8) is 0 Å². The van der Waals surface area contributed by atoms with Gasteiger partial charge in [-0.05, 0) is 18.8 Å². The van der Waals surface area contributed by atoms with Gasteiger partial charge in [-0.25, -0.2) is 0 Å². The van der Waals surface area contributed by atoms with E-state index in [1.165, 1.54) is 33.4 Å². The van der Waals surface area contributed by atoms with E-state index in [4.69, 9.17) is 0 Å². The van der Waals surface area contributed by atoms with E-state index in [1.807, 2.05) is 0 Å². The summed E-state index contributed by atoms with van der Waals surface area (Å²) < 4.78 is 0. The normalized spacial score (nSPS) is 18.2. The highest BCUT2D eigenvalue weighted by atomic mass is 14.2. The first kappa shape index (κ1) is 10.7. The van der Waals surface area contributed by atoms with E-state index in [0.29, 0.717) is 0 Å². The van der Waals surface area contributed by atoms with Crippen molar-refractivity contribution in [2.75, 3.05) is 0 Å². The first-order chi connectivity index (χ1) is 7.42. The second-order valence-electron chi connectivity index (χ2n) is 4.44. The van der Waals surface area contributed by atoms with Crippen LogP contribution in [0.15, 0.2) is 47.6 Å². The van der Waals surface area contributed by atoms with Gasteiger partial charge in [-0.2, -0.15) is 0 Å². The highest BCUT2D eigenvalue weighted by Gasteiger charge is 2.19. The number of hydrogen-bond acceptors (Lipinski definition) is 0. The van der Waals surface area contributed by atoms with Gasteiger partial charge in [0.25, 0.3) is 0 Å². The molecule has 0 spiro atoms. The van der Waals surface area contributed by atoms with Gasteiger partial charge in [0.1, 0.15) is 0 Å². The molecule has 2 aliphatic carbocycles. The number of rotatable bonds is 5. The molecule has 0 aromatic heterocycles. The van der Waals surface area contributed by atoms with Crippen LogP contribution < -0.4 is 0 Å². The van der Waals surface area contributed by atoms with Crippen LogP contribution in [0.2, 0.25) is 6.32 Å². The van der Waals surface area contributed by atoms with Crippen LogP contribution in [0.4, 0.5) is 0 Å². The Labute approximate surface area is 95.1 Å². The van der Waals surface area contributed by atoms with Crippen LogP contribution in [-0.4, -0.2) is 22.0 Å². The van der Waals surface area contributed by atoms with Gasteiger partial charge < -0.3 is 0 Å². The molecule has 74 valence electrons. The molecule has 3 heteroatoms. The fraction of sp³-hybridized carbons (Fsp3) is 0.333. The summed E-state index contributed by atoms with van der Waals surface area (Å²) in [5.41, 5.74) is 3.25. The van der Waals surface area contributed by atoms with Crippen molar-refractivity contribution in [2.24, 2.45) is 5.92 Å². The molecule has 0 unspecified atom stereocenters. The first-order valence-corrected chi connectivity index (χ1v) is 6.13. The molecule has 0 amide bonds. The molecule has 15 heavy (non-hydrogen) atoms. The third kappa shape index (κ3) is 2.59. The molecule has 0 N–H and O–H groups in total. The predicted molar refractivity (Wildman–Crippen MR) is 74.8 cm³/mol. The fourth-order valence-electron chi connectivity index (χ4n) is 2.46. The Morgan fingerprint density at radius 3 is 2.13 bits per heavy atom. The molecule has 0 aliphatic heterocycles. The average Bonchev–Trinajstić information content (AvgIpc) is 2.90. The number of allylic oxidation sites excluding steroid dienone is 8. The van der Waals surface area contributed by atoms with Crippen LogP contribution in [0.25, 0.3) is 0 Å². The first-order valence-electron chi connectivity index (χ1n) is 6.13. The Morgan fingerprint density at radius 1 is 1.13 bits per heavy atom. The molecule has 0 radical (unpaired) electrons. The molecule has 0 saturated heterocycles. The van der Waals surface area contributed by atoms with Crippen molar-refractivity contribution in [1.82, 2.24) is 0 Å². The Kier molecular flexibility index (Phi) is 3.77. The molecule has 0 nitrogen and oxygen atoms in total. The lowest BCUT2D eigenvalue weighted by Crippen LogP contribution is -2.13. The van der Waals surface area contributed by atoms with Crippen molar-refractivity contribution in [2.45, 2.75) is 19.2 Å². The fourth-order valence-corrected chi connectivity index (χ4v) is 2.46. The lowest BCUT2D eigenvalue weighted by atomic mass is 9.26. The topological polar surface area (TPSA) is 0 Å². The molecular weight excluding hydrogens is 177 g/mol. The smallest absolute Gasteiger partial charge is 0.0791 e. The van der Waals surface area contributed by atoms with E-state index in [1.54, 1.807) is 11.1 Å². The van der Waals surface area contributed by atoms with Crippen LogP contribution in [0, 0.1) is 5.92 Å². The highest BCUT2D eigenvalue weighted by Crippen LogP contribution is 2.33. The molecule has 0 aromatic carbocycles. The Morgan fingerprint density at radius 2 is 1.73 bits per heavy atom. The van der Waals surface area contributed by atoms with Crippen LogP contribution >= 0.6 is 0 Å². The van der Waals surface area contributed by atoms with Crippen LogP contribution in [0.3, 0.4) is 0 Å². The van der Waals surface area contributed by atoms with Gasteiger partial charge in [0, 0.05) is 0 Å². The van der Waals surface area contributed by atoms with Gasteiger partial charge in [-0.3, -0.25) is 0 Å². The zero-order valence-electron chi connectivity index (χ0n) is 9.58. The lowest BCUT2D eigenvalue weighted by molar-refractivity contribution is 0.765. The Balaban J connectivity index is 2.02. The molecule has 2 aliphatic rings. The monoisotopic (exact) mass is 194 g/mol. The molecular formula is C12H17B3. The van der Waals surface area contributed by atoms with Crippen LogP contribution in [0.5, 0.6) is 0 Å². The van der Waals surface area contributed by atoms with Gasteiger partial charge in [-0.1, -0.05) is 53.9 Å². The van der Waals surface area contributed by atoms with Crippen molar-refractivity contribution in [1.29, 1.82) is 0 Å². The lowest BCUT2D eigenvalue weighted by Gasteiger charge is -2.19. The Bertz CT molecular complexity index is 307. The summed E-state index contributed by atoms with van der Waals surface area (Å²) in [4.78, 5) is 0. The minimum Gasteiger partial charge on any atom is -0.0804 e. The second kappa shape index (κ2) is 5.30. The van der Waals surface area contributed by atoms with E-state index >= 15 is 0 Å². The maximum atomic E-state index is 2.32. The van der Waals surface area contributed by atoms with Crippen molar-refractivity contribution < 1.29 is 0 Å². The summed E-state index contributed by atoms with van der Waals surface area (Å²) in [6.07, 6.45) is 17.3. The van der Waals surface area contributed by atoms with Gasteiger partial charge in [0.05, 0.1) is 22.0 Å². The van der Waals surface area contributed by atoms with Gasteiger partial charge in [-0.15, -0.1) is 0 Å². The summed E-state index contributed by atoms with van der Waals surface area (Å²) in [6, 6.07) is 0. The van der Waals surface area contributed by atoms with Gasteiger partial charge in [0.15, 0.2) is 0 Å². The molecule has 0 aromatic rings. The molecule has 0 bridgehead atoms. The molecule has 2 rings (SSSR count). The molecule has 0 heterocycles. The summed E-state index contributed by atoms with van der Waals surface area (Å²) in [5, 5.41) is 0. The Hall–Kier alpha value is -0.845. The minimum atomic E-state index is 0.718. The standard InChI is InChI=1S/C12H17B3/c13-15-14-9-12(10-5-1-2-6-10)11-7-3-4-8-11/h1-5,7,12,14-15H,6,8-9,13H2. The number of hydrogen-bond donors (Lipinski definition) is 0. The summed E-state index contributed by atoms with van der Waals surface area (Å²) in [7, 11) is 4.93. The minimum absolute atomic E-state index is 0.718. The van der Waals surface area contributed by atoms with Crippen LogP contribution in [-0.2, 0) is 0 Å². The maximum Gasteiger partial charge on any atom is 0.0791 e. The summed E-state index contributed by atoms with van der Waals surface area (Å²) in [6.45, 7) is 0. The zero-order chi connectivity index (χ0) is 10.5. The van der Waals surface area contributed by atoms with Crippen LogP contribution in [0.1, 0.15) is 12.8 Å². The van der Waals surface area contributed by atoms with E-state index in [9.17, 15) is 0 Å². The third-order valence-electron chi connectivity index (χ3n) is 3.34. The summed E-state index contributed by atoms with van der Waals surface area (Å²) in [5.74, 6) is 0.718. The second-order valence-corrected chi connectivity index (χ2v) is 4.44. The summed E-state index contributed by atoms with van der Waals surface area (Å²) >= 11 is 0. The van der Waals surface area contributed by atoms with Gasteiger partial charge >= 0.3 is 0 Å². The van der Waals surface area contributed by atoms with Crippen molar-refractivity contribution in [3.05, 3.63) is 47.6 Å². The van der Waals surface area contributed by atoms with Crippen molar-refractivity contribution in [3.8, 4) is 0 Å². The van der Waals surface area contributed by atoms with Gasteiger partial charge in [0.2, 0.25) is 0 Å². The molecule has 0 atom stereocenters. The SMILES string of the molecule is BBBCC(C1=CC=CC1)C1=CC=CC1. The predicted octanol–water partition coefficient (Wildman–Crippen LogP) is 1.13. The molecule has 0 fully saturated rings. The molecule has 0 saturated carbocycles. The maximum absolute atomic E-state index is 2.32. The van der Waals surface area contributed by atoms with E-state index in [0.717, 1.165) is 5.92 Å². The highest BCUT2D eigenvalue weighted by molar-refractivity contribution is 7.23. The average molecular weight is 194 g/mol.